The third kappa shape index (κ3) is 3.40. The molecule has 1 aliphatic rings. The van der Waals surface area contributed by atoms with Gasteiger partial charge in [-0.1, -0.05) is 12.8 Å². The van der Waals surface area contributed by atoms with Crippen molar-refractivity contribution >= 4 is 27.6 Å². The summed E-state index contributed by atoms with van der Waals surface area (Å²) in [6, 6.07) is 2.84. The number of rotatable bonds is 5. The summed E-state index contributed by atoms with van der Waals surface area (Å²) in [5.41, 5.74) is 5.52. The summed E-state index contributed by atoms with van der Waals surface area (Å²) in [6.45, 7) is 0.471. The minimum atomic E-state index is -3.50. The Bertz CT molecular complexity index is 540. The Balaban J connectivity index is 2.09. The second kappa shape index (κ2) is 5.68. The normalized spacial score (nSPS) is 18.6. The Labute approximate surface area is 118 Å². The van der Waals surface area contributed by atoms with E-state index in [1.54, 1.807) is 11.8 Å². The summed E-state index contributed by atoms with van der Waals surface area (Å²) in [6.07, 6.45) is 7.92. The van der Waals surface area contributed by atoms with E-state index < -0.39 is 10.0 Å². The lowest BCUT2D eigenvalue weighted by molar-refractivity contribution is 0.551. The molecule has 1 aromatic rings. The molecule has 0 atom stereocenters. The fraction of sp³-hybridized carbons (Fsp3) is 0.583. The first kappa shape index (κ1) is 14.6. The van der Waals surface area contributed by atoms with E-state index in [0.29, 0.717) is 6.54 Å². The predicted octanol–water partition coefficient (Wildman–Crippen LogP) is 1.62. The van der Waals surface area contributed by atoms with E-state index in [4.69, 9.17) is 5.73 Å². The van der Waals surface area contributed by atoms with Gasteiger partial charge in [0.2, 0.25) is 10.0 Å². The van der Waals surface area contributed by atoms with Crippen molar-refractivity contribution in [2.75, 3.05) is 18.5 Å². The van der Waals surface area contributed by atoms with Gasteiger partial charge in [-0.25, -0.2) is 18.1 Å². The third-order valence-corrected chi connectivity index (χ3v) is 6.41. The summed E-state index contributed by atoms with van der Waals surface area (Å²) in [5.74, 6) is 0.211. The maximum absolute atomic E-state index is 12.2. The van der Waals surface area contributed by atoms with Crippen LogP contribution in [0.1, 0.15) is 25.7 Å². The van der Waals surface area contributed by atoms with Crippen LogP contribution >= 0.6 is 11.8 Å². The van der Waals surface area contributed by atoms with Crippen LogP contribution in [0.5, 0.6) is 0 Å². The molecule has 19 heavy (non-hydrogen) atoms. The molecule has 5 nitrogen and oxygen atoms in total. The summed E-state index contributed by atoms with van der Waals surface area (Å²) < 4.78 is 27.1. The minimum Gasteiger partial charge on any atom is -0.384 e. The van der Waals surface area contributed by atoms with Crippen LogP contribution in [0.15, 0.2) is 23.2 Å². The SMILES string of the molecule is CSC1(CNS(=O)(=O)c2ccnc(N)c2)CCCC1. The number of pyridine rings is 1. The molecule has 0 bridgehead atoms. The third-order valence-electron chi connectivity index (χ3n) is 3.60. The van der Waals surface area contributed by atoms with Gasteiger partial charge in [0.05, 0.1) is 4.90 Å². The molecular formula is C12H19N3O2S2. The largest absolute Gasteiger partial charge is 0.384 e. The van der Waals surface area contributed by atoms with Crippen LogP contribution in [0.2, 0.25) is 0 Å². The lowest BCUT2D eigenvalue weighted by Crippen LogP contribution is -2.38. The Kier molecular flexibility index (Phi) is 4.37. The van der Waals surface area contributed by atoms with Crippen LogP contribution in [-0.2, 0) is 10.0 Å². The fourth-order valence-corrected chi connectivity index (χ4v) is 4.53. The van der Waals surface area contributed by atoms with E-state index in [1.807, 2.05) is 6.26 Å². The number of hydrogen-bond donors (Lipinski definition) is 2. The number of nitrogens with one attached hydrogen (secondary N) is 1. The Morgan fingerprint density at radius 2 is 2.16 bits per heavy atom. The number of aromatic nitrogens is 1. The smallest absolute Gasteiger partial charge is 0.240 e. The van der Waals surface area contributed by atoms with Crippen molar-refractivity contribution in [3.05, 3.63) is 18.3 Å². The molecule has 3 N–H and O–H groups in total. The van der Waals surface area contributed by atoms with Crippen molar-refractivity contribution in [3.8, 4) is 0 Å². The molecule has 1 saturated carbocycles. The van der Waals surface area contributed by atoms with Gasteiger partial charge in [-0.15, -0.1) is 0 Å². The molecule has 0 aliphatic heterocycles. The van der Waals surface area contributed by atoms with Gasteiger partial charge in [0.1, 0.15) is 5.82 Å². The van der Waals surface area contributed by atoms with Crippen molar-refractivity contribution in [2.45, 2.75) is 35.3 Å². The van der Waals surface area contributed by atoms with Gasteiger partial charge in [0.25, 0.3) is 0 Å². The second-order valence-corrected chi connectivity index (χ2v) is 7.88. The zero-order valence-electron chi connectivity index (χ0n) is 10.9. The topological polar surface area (TPSA) is 85.1 Å². The highest BCUT2D eigenvalue weighted by atomic mass is 32.2. The van der Waals surface area contributed by atoms with Gasteiger partial charge < -0.3 is 5.73 Å². The van der Waals surface area contributed by atoms with Crippen LogP contribution in [0, 0.1) is 0 Å². The molecule has 2 rings (SSSR count). The van der Waals surface area contributed by atoms with E-state index >= 15 is 0 Å². The molecule has 106 valence electrons. The number of nitrogens with two attached hydrogens (primary N) is 1. The average Bonchev–Trinajstić information content (AvgIpc) is 2.86. The van der Waals surface area contributed by atoms with Crippen molar-refractivity contribution in [1.82, 2.24) is 9.71 Å². The number of sulfonamides is 1. The van der Waals surface area contributed by atoms with Gasteiger partial charge in [-0.3, -0.25) is 0 Å². The standard InChI is InChI=1S/C12H19N3O2S2/c1-18-12(5-2-3-6-12)9-15-19(16,17)10-4-7-14-11(13)8-10/h4,7-8,15H,2-3,5-6,9H2,1H3,(H2,13,14). The van der Waals surface area contributed by atoms with Crippen LogP contribution in [-0.4, -0.2) is 30.9 Å². The number of nitrogens with zero attached hydrogens (tertiary/aromatic N) is 1. The number of anilines is 1. The zero-order chi connectivity index (χ0) is 13.9. The van der Waals surface area contributed by atoms with Crippen molar-refractivity contribution in [1.29, 1.82) is 0 Å². The van der Waals surface area contributed by atoms with Crippen molar-refractivity contribution in [2.24, 2.45) is 0 Å². The van der Waals surface area contributed by atoms with Crippen LogP contribution < -0.4 is 10.5 Å². The molecular weight excluding hydrogens is 282 g/mol. The molecule has 0 unspecified atom stereocenters. The zero-order valence-corrected chi connectivity index (χ0v) is 12.6. The predicted molar refractivity (Wildman–Crippen MR) is 78.6 cm³/mol. The molecule has 0 aromatic carbocycles. The molecule has 1 aliphatic carbocycles. The summed E-state index contributed by atoms with van der Waals surface area (Å²) in [4.78, 5) is 3.98. The van der Waals surface area contributed by atoms with E-state index in [1.165, 1.54) is 31.2 Å². The number of nitrogen functional groups attached to an aromatic ring is 1. The van der Waals surface area contributed by atoms with Gasteiger partial charge in [0, 0.05) is 23.6 Å². The van der Waals surface area contributed by atoms with E-state index in [9.17, 15) is 8.42 Å². The van der Waals surface area contributed by atoms with Gasteiger partial charge in [-0.05, 0) is 25.2 Å². The molecule has 0 amide bonds. The summed E-state index contributed by atoms with van der Waals surface area (Å²) in [7, 11) is -3.50. The van der Waals surface area contributed by atoms with Crippen LogP contribution in [0.4, 0.5) is 5.82 Å². The number of hydrogen-bond acceptors (Lipinski definition) is 5. The first-order valence-electron chi connectivity index (χ1n) is 6.24. The molecule has 7 heteroatoms. The van der Waals surface area contributed by atoms with Crippen LogP contribution in [0.3, 0.4) is 0 Å². The fourth-order valence-electron chi connectivity index (χ4n) is 2.38. The van der Waals surface area contributed by atoms with Crippen molar-refractivity contribution < 1.29 is 8.42 Å². The first-order chi connectivity index (χ1) is 8.97. The van der Waals surface area contributed by atoms with E-state index in [0.717, 1.165) is 12.8 Å². The average molecular weight is 301 g/mol. The quantitative estimate of drug-likeness (QED) is 0.863. The first-order valence-corrected chi connectivity index (χ1v) is 8.95. The summed E-state index contributed by atoms with van der Waals surface area (Å²) in [5, 5.41) is 0. The molecule has 0 spiro atoms. The molecule has 1 fully saturated rings. The highest BCUT2D eigenvalue weighted by molar-refractivity contribution is 8.00. The van der Waals surface area contributed by atoms with E-state index in [-0.39, 0.29) is 15.5 Å². The van der Waals surface area contributed by atoms with Gasteiger partial charge in [0.15, 0.2) is 0 Å². The second-order valence-electron chi connectivity index (χ2n) is 4.84. The molecule has 1 heterocycles. The lowest BCUT2D eigenvalue weighted by Gasteiger charge is -2.26. The number of thioether (sulfide) groups is 1. The Morgan fingerprint density at radius 1 is 1.47 bits per heavy atom. The highest BCUT2D eigenvalue weighted by Gasteiger charge is 2.34. The van der Waals surface area contributed by atoms with Gasteiger partial charge >= 0.3 is 0 Å². The molecule has 0 saturated heterocycles. The van der Waals surface area contributed by atoms with Crippen LogP contribution in [0.25, 0.3) is 0 Å². The molecule has 0 radical (unpaired) electrons. The summed E-state index contributed by atoms with van der Waals surface area (Å²) >= 11 is 1.75. The van der Waals surface area contributed by atoms with Crippen molar-refractivity contribution in [3.63, 3.8) is 0 Å². The lowest BCUT2D eigenvalue weighted by atomic mass is 10.1. The van der Waals surface area contributed by atoms with Gasteiger partial charge in [-0.2, -0.15) is 11.8 Å². The maximum Gasteiger partial charge on any atom is 0.240 e. The minimum absolute atomic E-state index is 0.0473. The Hall–Kier alpha value is -0.790. The molecule has 1 aromatic heterocycles. The Morgan fingerprint density at radius 3 is 2.74 bits per heavy atom. The van der Waals surface area contributed by atoms with E-state index in [2.05, 4.69) is 9.71 Å². The monoisotopic (exact) mass is 301 g/mol. The highest BCUT2D eigenvalue weighted by Crippen LogP contribution is 2.39. The maximum atomic E-state index is 12.2.